The van der Waals surface area contributed by atoms with Crippen LogP contribution in [0.15, 0.2) is 54.0 Å². The van der Waals surface area contributed by atoms with E-state index in [0.717, 1.165) is 41.7 Å². The lowest BCUT2D eigenvalue weighted by Crippen LogP contribution is -2.38. The highest BCUT2D eigenvalue weighted by atomic mass is 127. The summed E-state index contributed by atoms with van der Waals surface area (Å²) in [6.07, 6.45) is 5.54. The third-order valence-electron chi connectivity index (χ3n) is 4.12. The van der Waals surface area contributed by atoms with E-state index in [4.69, 9.17) is 0 Å². The Morgan fingerprint density at radius 3 is 2.67 bits per heavy atom. The SMILES string of the molecule is CN=C(NCCn1ccnc1)NCc1ccccc1-n1nc(C)cc1C.I. The number of guanidine groups is 1. The van der Waals surface area contributed by atoms with E-state index in [1.54, 1.807) is 13.2 Å². The molecule has 0 saturated heterocycles. The molecule has 0 aliphatic carbocycles. The summed E-state index contributed by atoms with van der Waals surface area (Å²) in [5, 5.41) is 11.3. The highest BCUT2D eigenvalue weighted by molar-refractivity contribution is 14.0. The number of aromatic nitrogens is 4. The van der Waals surface area contributed by atoms with E-state index in [2.05, 4.69) is 50.8 Å². The van der Waals surface area contributed by atoms with Gasteiger partial charge in [0, 0.05) is 44.8 Å². The molecule has 3 rings (SSSR count). The van der Waals surface area contributed by atoms with E-state index in [1.807, 2.05) is 40.8 Å². The molecule has 1 aromatic carbocycles. The van der Waals surface area contributed by atoms with Crippen LogP contribution in [0.4, 0.5) is 0 Å². The van der Waals surface area contributed by atoms with Crippen LogP contribution in [0.25, 0.3) is 5.69 Å². The fourth-order valence-electron chi connectivity index (χ4n) is 2.86. The highest BCUT2D eigenvalue weighted by Gasteiger charge is 2.09. The lowest BCUT2D eigenvalue weighted by Gasteiger charge is -2.15. The first-order valence-electron chi connectivity index (χ1n) is 8.69. The Balaban J connectivity index is 0.00000261. The molecule has 0 bridgehead atoms. The van der Waals surface area contributed by atoms with Crippen LogP contribution >= 0.6 is 24.0 Å². The number of nitrogens with zero attached hydrogens (tertiary/aromatic N) is 5. The number of hydrogen-bond acceptors (Lipinski definition) is 3. The molecular formula is C19H26IN7. The van der Waals surface area contributed by atoms with Crippen LogP contribution in [-0.4, -0.2) is 38.9 Å². The molecule has 7 nitrogen and oxygen atoms in total. The summed E-state index contributed by atoms with van der Waals surface area (Å²) in [7, 11) is 1.78. The minimum atomic E-state index is 0. The number of benzene rings is 1. The molecule has 144 valence electrons. The quantitative estimate of drug-likeness (QED) is 0.324. The molecule has 2 N–H and O–H groups in total. The van der Waals surface area contributed by atoms with Gasteiger partial charge in [-0.3, -0.25) is 4.99 Å². The predicted molar refractivity (Wildman–Crippen MR) is 119 cm³/mol. The van der Waals surface area contributed by atoms with Crippen molar-refractivity contribution in [2.45, 2.75) is 26.9 Å². The summed E-state index contributed by atoms with van der Waals surface area (Å²) in [4.78, 5) is 8.34. The first kappa shape index (κ1) is 20.9. The summed E-state index contributed by atoms with van der Waals surface area (Å²) in [5.41, 5.74) is 4.38. The second-order valence-electron chi connectivity index (χ2n) is 6.12. The smallest absolute Gasteiger partial charge is 0.191 e. The number of nitrogens with one attached hydrogen (secondary N) is 2. The number of halogens is 1. The molecule has 0 unspecified atom stereocenters. The maximum absolute atomic E-state index is 4.60. The summed E-state index contributed by atoms with van der Waals surface area (Å²) in [6.45, 7) is 6.36. The molecule has 0 aliphatic rings. The first-order chi connectivity index (χ1) is 12.7. The van der Waals surface area contributed by atoms with Gasteiger partial charge >= 0.3 is 0 Å². The third-order valence-corrected chi connectivity index (χ3v) is 4.12. The lowest BCUT2D eigenvalue weighted by atomic mass is 10.1. The minimum absolute atomic E-state index is 0. The Kier molecular flexibility index (Phi) is 7.83. The summed E-state index contributed by atoms with van der Waals surface area (Å²) in [5.74, 6) is 0.772. The zero-order valence-corrected chi connectivity index (χ0v) is 18.2. The fourth-order valence-corrected chi connectivity index (χ4v) is 2.86. The van der Waals surface area contributed by atoms with Gasteiger partial charge < -0.3 is 15.2 Å². The van der Waals surface area contributed by atoms with Gasteiger partial charge in [0.05, 0.1) is 17.7 Å². The van der Waals surface area contributed by atoms with Crippen LogP contribution in [0.5, 0.6) is 0 Å². The molecule has 0 fully saturated rings. The van der Waals surface area contributed by atoms with Gasteiger partial charge in [0.15, 0.2) is 5.96 Å². The van der Waals surface area contributed by atoms with Crippen molar-refractivity contribution in [1.82, 2.24) is 30.0 Å². The molecule has 27 heavy (non-hydrogen) atoms. The molecular weight excluding hydrogens is 453 g/mol. The maximum atomic E-state index is 4.60. The van der Waals surface area contributed by atoms with Crippen molar-refractivity contribution >= 4 is 29.9 Å². The zero-order chi connectivity index (χ0) is 18.4. The van der Waals surface area contributed by atoms with Crippen LogP contribution in [-0.2, 0) is 13.1 Å². The molecule has 2 heterocycles. The predicted octanol–water partition coefficient (Wildman–Crippen LogP) is 2.67. The standard InChI is InChI=1S/C19H25N7.HI/c1-15-12-16(2)26(24-15)18-7-5-4-6-17(18)13-23-19(20-3)22-9-11-25-10-8-21-14-25;/h4-8,10,12,14H,9,11,13H2,1-3H3,(H2,20,22,23);1H. The van der Waals surface area contributed by atoms with Gasteiger partial charge in [-0.15, -0.1) is 24.0 Å². The number of imidazole rings is 1. The zero-order valence-electron chi connectivity index (χ0n) is 15.9. The molecule has 0 atom stereocenters. The summed E-state index contributed by atoms with van der Waals surface area (Å²) >= 11 is 0. The largest absolute Gasteiger partial charge is 0.355 e. The molecule has 8 heteroatoms. The van der Waals surface area contributed by atoms with Crippen LogP contribution < -0.4 is 10.6 Å². The minimum Gasteiger partial charge on any atom is -0.355 e. The number of rotatable bonds is 6. The van der Waals surface area contributed by atoms with Gasteiger partial charge in [0.2, 0.25) is 0 Å². The normalized spacial score (nSPS) is 11.1. The first-order valence-corrected chi connectivity index (χ1v) is 8.69. The molecule has 3 aromatic rings. The van der Waals surface area contributed by atoms with Gasteiger partial charge in [-0.2, -0.15) is 5.10 Å². The van der Waals surface area contributed by atoms with Gasteiger partial charge in [-0.25, -0.2) is 9.67 Å². The van der Waals surface area contributed by atoms with Crippen LogP contribution in [0.1, 0.15) is 17.0 Å². The third kappa shape index (κ3) is 5.56. The van der Waals surface area contributed by atoms with Gasteiger partial charge in [0.25, 0.3) is 0 Å². The van der Waals surface area contributed by atoms with E-state index < -0.39 is 0 Å². The van der Waals surface area contributed by atoms with E-state index in [-0.39, 0.29) is 24.0 Å². The van der Waals surface area contributed by atoms with Gasteiger partial charge in [-0.05, 0) is 31.5 Å². The molecule has 2 aromatic heterocycles. The van der Waals surface area contributed by atoms with Crippen molar-refractivity contribution in [2.24, 2.45) is 4.99 Å². The van der Waals surface area contributed by atoms with Gasteiger partial charge in [0.1, 0.15) is 0 Å². The second kappa shape index (κ2) is 10.1. The Hall–Kier alpha value is -2.36. The van der Waals surface area contributed by atoms with E-state index >= 15 is 0 Å². The molecule has 0 amide bonds. The Labute approximate surface area is 176 Å². The monoisotopic (exact) mass is 479 g/mol. The highest BCUT2D eigenvalue weighted by Crippen LogP contribution is 2.16. The Bertz CT molecular complexity index is 868. The fraction of sp³-hybridized carbons (Fsp3) is 0.316. The van der Waals surface area contributed by atoms with Crippen molar-refractivity contribution < 1.29 is 0 Å². The number of para-hydroxylation sites is 1. The van der Waals surface area contributed by atoms with E-state index in [1.165, 1.54) is 0 Å². The second-order valence-corrected chi connectivity index (χ2v) is 6.12. The Morgan fingerprint density at radius 2 is 2.00 bits per heavy atom. The van der Waals surface area contributed by atoms with Crippen LogP contribution in [0.3, 0.4) is 0 Å². The molecule has 0 saturated carbocycles. The van der Waals surface area contributed by atoms with E-state index in [9.17, 15) is 0 Å². The average Bonchev–Trinajstić information content (AvgIpc) is 3.27. The Morgan fingerprint density at radius 1 is 1.19 bits per heavy atom. The van der Waals surface area contributed by atoms with Crippen molar-refractivity contribution in [3.05, 3.63) is 66.0 Å². The number of aryl methyl sites for hydroxylation is 2. The number of aliphatic imine (C=N–C) groups is 1. The number of hydrogen-bond donors (Lipinski definition) is 2. The van der Waals surface area contributed by atoms with Crippen molar-refractivity contribution in [3.8, 4) is 5.69 Å². The summed E-state index contributed by atoms with van der Waals surface area (Å²) < 4.78 is 4.01. The van der Waals surface area contributed by atoms with Crippen LogP contribution in [0.2, 0.25) is 0 Å². The lowest BCUT2D eigenvalue weighted by molar-refractivity contribution is 0.661. The van der Waals surface area contributed by atoms with Gasteiger partial charge in [-0.1, -0.05) is 18.2 Å². The van der Waals surface area contributed by atoms with Crippen molar-refractivity contribution in [2.75, 3.05) is 13.6 Å². The van der Waals surface area contributed by atoms with Crippen molar-refractivity contribution in [3.63, 3.8) is 0 Å². The topological polar surface area (TPSA) is 72.1 Å². The molecule has 0 aliphatic heterocycles. The molecule has 0 radical (unpaired) electrons. The average molecular weight is 479 g/mol. The maximum Gasteiger partial charge on any atom is 0.191 e. The van der Waals surface area contributed by atoms with E-state index in [0.29, 0.717) is 6.54 Å². The van der Waals surface area contributed by atoms with Crippen LogP contribution in [0, 0.1) is 13.8 Å². The molecule has 0 spiro atoms. The summed E-state index contributed by atoms with van der Waals surface area (Å²) in [6, 6.07) is 10.4. The van der Waals surface area contributed by atoms with Crippen molar-refractivity contribution in [1.29, 1.82) is 0 Å².